The summed E-state index contributed by atoms with van der Waals surface area (Å²) < 4.78 is 13.8. The normalized spacial score (nSPS) is 10.9. The molecular formula is C16H18FN. The fourth-order valence-electron chi connectivity index (χ4n) is 1.97. The molecule has 0 heterocycles. The molecule has 1 nitrogen and oxygen atoms in total. The molecule has 0 unspecified atom stereocenters. The largest absolute Gasteiger partial charge is 0.326 e. The van der Waals surface area contributed by atoms with Crippen molar-refractivity contribution in [2.75, 3.05) is 0 Å². The van der Waals surface area contributed by atoms with E-state index < -0.39 is 0 Å². The lowest BCUT2D eigenvalue weighted by Crippen LogP contribution is -1.97. The van der Waals surface area contributed by atoms with Crippen molar-refractivity contribution in [3.05, 3.63) is 59.4 Å². The molecule has 2 heteroatoms. The molecule has 0 aliphatic heterocycles. The van der Waals surface area contributed by atoms with Crippen LogP contribution in [-0.4, -0.2) is 0 Å². The van der Waals surface area contributed by atoms with Gasteiger partial charge in [-0.2, -0.15) is 0 Å². The summed E-state index contributed by atoms with van der Waals surface area (Å²) in [7, 11) is 0. The molecule has 0 aliphatic rings. The Bertz CT molecular complexity index is 529. The van der Waals surface area contributed by atoms with Gasteiger partial charge in [0.05, 0.1) is 0 Å². The Kier molecular flexibility index (Phi) is 3.78. The quantitative estimate of drug-likeness (QED) is 0.863. The van der Waals surface area contributed by atoms with Gasteiger partial charge in [0.25, 0.3) is 0 Å². The molecule has 0 amide bonds. The molecule has 0 saturated carbocycles. The highest BCUT2D eigenvalue weighted by atomic mass is 19.1. The Morgan fingerprint density at radius 2 is 1.72 bits per heavy atom. The van der Waals surface area contributed by atoms with Crippen LogP contribution in [0.4, 0.5) is 4.39 Å². The predicted molar refractivity (Wildman–Crippen MR) is 73.8 cm³/mol. The lowest BCUT2D eigenvalue weighted by molar-refractivity contribution is 0.630. The van der Waals surface area contributed by atoms with Crippen LogP contribution in [0.25, 0.3) is 11.1 Å². The van der Waals surface area contributed by atoms with Crippen molar-refractivity contribution in [2.24, 2.45) is 5.73 Å². The molecule has 18 heavy (non-hydrogen) atoms. The second-order valence-electron chi connectivity index (χ2n) is 4.80. The maximum atomic E-state index is 13.8. The van der Waals surface area contributed by atoms with Crippen molar-refractivity contribution >= 4 is 0 Å². The third kappa shape index (κ3) is 2.59. The van der Waals surface area contributed by atoms with Crippen LogP contribution in [0.15, 0.2) is 42.5 Å². The van der Waals surface area contributed by atoms with Gasteiger partial charge in [0.2, 0.25) is 0 Å². The minimum atomic E-state index is -0.204. The molecule has 0 atom stereocenters. The van der Waals surface area contributed by atoms with E-state index in [0.29, 0.717) is 18.0 Å². The topological polar surface area (TPSA) is 26.0 Å². The van der Waals surface area contributed by atoms with E-state index in [1.54, 1.807) is 6.07 Å². The summed E-state index contributed by atoms with van der Waals surface area (Å²) in [5, 5.41) is 0. The fraction of sp³-hybridized carbons (Fsp3) is 0.250. The molecule has 0 fully saturated rings. The third-order valence-corrected chi connectivity index (χ3v) is 3.15. The van der Waals surface area contributed by atoms with E-state index in [0.717, 1.165) is 11.1 Å². The highest BCUT2D eigenvalue weighted by molar-refractivity contribution is 5.65. The third-order valence-electron chi connectivity index (χ3n) is 3.15. The van der Waals surface area contributed by atoms with Gasteiger partial charge in [0, 0.05) is 12.1 Å². The number of nitrogens with two attached hydrogens (primary N) is 1. The predicted octanol–water partition coefficient (Wildman–Crippen LogP) is 4.07. The van der Waals surface area contributed by atoms with Gasteiger partial charge in [-0.15, -0.1) is 0 Å². The molecule has 0 spiro atoms. The second-order valence-corrected chi connectivity index (χ2v) is 4.80. The van der Waals surface area contributed by atoms with E-state index in [4.69, 9.17) is 5.73 Å². The number of rotatable bonds is 3. The number of benzene rings is 2. The number of halogens is 1. The minimum Gasteiger partial charge on any atom is -0.326 e. The molecule has 2 aromatic rings. The van der Waals surface area contributed by atoms with E-state index in [2.05, 4.69) is 26.0 Å². The summed E-state index contributed by atoms with van der Waals surface area (Å²) in [5.74, 6) is 0.281. The lowest BCUT2D eigenvalue weighted by Gasteiger charge is -2.09. The molecule has 0 radical (unpaired) electrons. The van der Waals surface area contributed by atoms with Crippen LogP contribution in [-0.2, 0) is 6.54 Å². The highest BCUT2D eigenvalue weighted by Crippen LogP contribution is 2.26. The monoisotopic (exact) mass is 243 g/mol. The Morgan fingerprint density at radius 1 is 1.06 bits per heavy atom. The van der Waals surface area contributed by atoms with Crippen molar-refractivity contribution < 1.29 is 4.39 Å². The van der Waals surface area contributed by atoms with Crippen molar-refractivity contribution in [3.63, 3.8) is 0 Å². The molecule has 94 valence electrons. The Morgan fingerprint density at radius 3 is 2.28 bits per heavy atom. The van der Waals surface area contributed by atoms with Crippen molar-refractivity contribution in [2.45, 2.75) is 26.3 Å². The highest BCUT2D eigenvalue weighted by Gasteiger charge is 2.06. The van der Waals surface area contributed by atoms with Crippen molar-refractivity contribution in [1.82, 2.24) is 0 Å². The molecule has 0 saturated heterocycles. The van der Waals surface area contributed by atoms with Gasteiger partial charge in [0.15, 0.2) is 0 Å². The average Bonchev–Trinajstić information content (AvgIpc) is 2.39. The van der Waals surface area contributed by atoms with Crippen LogP contribution in [0, 0.1) is 5.82 Å². The first kappa shape index (κ1) is 12.8. The zero-order chi connectivity index (χ0) is 13.1. The van der Waals surface area contributed by atoms with Crippen molar-refractivity contribution in [1.29, 1.82) is 0 Å². The van der Waals surface area contributed by atoms with E-state index in [1.165, 1.54) is 11.6 Å². The van der Waals surface area contributed by atoms with E-state index in [1.807, 2.05) is 18.2 Å². The second kappa shape index (κ2) is 5.32. The van der Waals surface area contributed by atoms with Gasteiger partial charge < -0.3 is 5.73 Å². The first-order valence-corrected chi connectivity index (χ1v) is 6.20. The molecule has 2 N–H and O–H groups in total. The first-order valence-electron chi connectivity index (χ1n) is 6.20. The van der Waals surface area contributed by atoms with Gasteiger partial charge in [-0.25, -0.2) is 4.39 Å². The van der Waals surface area contributed by atoms with Crippen LogP contribution >= 0.6 is 0 Å². The van der Waals surface area contributed by atoms with Gasteiger partial charge >= 0.3 is 0 Å². The maximum absolute atomic E-state index is 13.8. The van der Waals surface area contributed by atoms with Crippen LogP contribution in [0.2, 0.25) is 0 Å². The number of hydrogen-bond acceptors (Lipinski definition) is 1. The Balaban J connectivity index is 2.41. The molecular weight excluding hydrogens is 225 g/mol. The fourth-order valence-corrected chi connectivity index (χ4v) is 1.97. The Hall–Kier alpha value is -1.67. The lowest BCUT2D eigenvalue weighted by atomic mass is 9.97. The van der Waals surface area contributed by atoms with Gasteiger partial charge in [-0.05, 0) is 34.7 Å². The van der Waals surface area contributed by atoms with E-state index >= 15 is 0 Å². The van der Waals surface area contributed by atoms with Gasteiger partial charge in [-0.1, -0.05) is 44.2 Å². The molecule has 0 aromatic heterocycles. The van der Waals surface area contributed by atoms with E-state index in [-0.39, 0.29) is 5.82 Å². The summed E-state index contributed by atoms with van der Waals surface area (Å²) in [6, 6.07) is 13.1. The Labute approximate surface area is 107 Å². The van der Waals surface area contributed by atoms with Crippen LogP contribution in [0.5, 0.6) is 0 Å². The molecule has 0 aliphatic carbocycles. The van der Waals surface area contributed by atoms with Gasteiger partial charge in [0.1, 0.15) is 5.82 Å². The van der Waals surface area contributed by atoms with Gasteiger partial charge in [-0.3, -0.25) is 0 Å². The summed E-state index contributed by atoms with van der Waals surface area (Å²) in [6.45, 7) is 4.71. The van der Waals surface area contributed by atoms with Crippen molar-refractivity contribution in [3.8, 4) is 11.1 Å². The smallest absolute Gasteiger partial charge is 0.131 e. The van der Waals surface area contributed by atoms with Crippen LogP contribution < -0.4 is 5.73 Å². The van der Waals surface area contributed by atoms with E-state index in [9.17, 15) is 4.39 Å². The zero-order valence-corrected chi connectivity index (χ0v) is 10.8. The average molecular weight is 243 g/mol. The number of hydrogen-bond donors (Lipinski definition) is 1. The first-order chi connectivity index (χ1) is 8.61. The summed E-state index contributed by atoms with van der Waals surface area (Å²) in [6.07, 6.45) is 0. The SMILES string of the molecule is CC(C)c1ccc(-c2cc(CN)ccc2F)cc1. The van der Waals surface area contributed by atoms with Crippen LogP contribution in [0.1, 0.15) is 30.9 Å². The maximum Gasteiger partial charge on any atom is 0.131 e. The molecule has 2 rings (SSSR count). The molecule has 0 bridgehead atoms. The minimum absolute atomic E-state index is 0.204. The summed E-state index contributed by atoms with van der Waals surface area (Å²) in [5.41, 5.74) is 9.30. The summed E-state index contributed by atoms with van der Waals surface area (Å²) in [4.78, 5) is 0. The summed E-state index contributed by atoms with van der Waals surface area (Å²) >= 11 is 0. The molecule has 2 aromatic carbocycles. The van der Waals surface area contributed by atoms with Crippen LogP contribution in [0.3, 0.4) is 0 Å². The zero-order valence-electron chi connectivity index (χ0n) is 10.8. The standard InChI is InChI=1S/C16H18FN/c1-11(2)13-4-6-14(7-5-13)15-9-12(10-18)3-8-16(15)17/h3-9,11H,10,18H2,1-2H3.